The molecule has 0 heterocycles. The molecule has 0 atom stereocenters. The number of rotatable bonds is 20. The number of hydrogen-bond donors (Lipinski definition) is 0. The topological polar surface area (TPSA) is 0 Å². The number of nitrogens with zero attached hydrogens (tertiary/aromatic N) is 1. The molecule has 0 fully saturated rings. The van der Waals surface area contributed by atoms with Crippen LogP contribution in [0.5, 0.6) is 0 Å². The lowest BCUT2D eigenvalue weighted by atomic mass is 10.0. The molecule has 0 aliphatic rings. The Hall–Kier alpha value is -0.340. The van der Waals surface area contributed by atoms with Crippen LogP contribution in [0, 0.1) is 0 Å². The van der Waals surface area contributed by atoms with Crippen molar-refractivity contribution in [3.05, 3.63) is 35.9 Å². The van der Waals surface area contributed by atoms with Crippen molar-refractivity contribution in [1.29, 1.82) is 0 Å². The highest BCUT2D eigenvalue weighted by Crippen LogP contribution is 2.18. The van der Waals surface area contributed by atoms with Gasteiger partial charge in [-0.2, -0.15) is 0 Å². The van der Waals surface area contributed by atoms with Crippen LogP contribution in [0.15, 0.2) is 30.3 Å². The summed E-state index contributed by atoms with van der Waals surface area (Å²) in [5.41, 5.74) is 1.50. The fourth-order valence-electron chi connectivity index (χ4n) is 4.63. The van der Waals surface area contributed by atoms with E-state index in [2.05, 4.69) is 51.1 Å². The zero-order valence-corrected chi connectivity index (χ0v) is 22.2. The maximum Gasteiger partial charge on any atom is 0.104 e. The molecule has 0 aliphatic heterocycles. The second-order valence-corrected chi connectivity index (χ2v) is 9.29. The summed E-state index contributed by atoms with van der Waals surface area (Å²) in [6.45, 7) is 12.1. The Bertz CT molecular complexity index is 455. The Kier molecular flexibility index (Phi) is 20.3. The van der Waals surface area contributed by atoms with E-state index in [1.54, 1.807) is 0 Å². The quantitative estimate of drug-likeness (QED) is 0.160. The van der Waals surface area contributed by atoms with E-state index in [4.69, 9.17) is 0 Å². The highest BCUT2D eigenvalue weighted by atomic mass is 79.9. The highest BCUT2D eigenvalue weighted by molar-refractivity contribution is 5.13. The summed E-state index contributed by atoms with van der Waals surface area (Å²) in [5.74, 6) is 0. The van der Waals surface area contributed by atoms with Crippen molar-refractivity contribution in [3.8, 4) is 0 Å². The maximum atomic E-state index is 2.37. The number of halogens is 1. The van der Waals surface area contributed by atoms with Gasteiger partial charge < -0.3 is 21.5 Å². The second kappa shape index (κ2) is 20.6. The van der Waals surface area contributed by atoms with Crippen molar-refractivity contribution >= 4 is 0 Å². The van der Waals surface area contributed by atoms with Crippen LogP contribution < -0.4 is 17.0 Å². The Balaban J connectivity index is 0.00000841. The second-order valence-electron chi connectivity index (χ2n) is 9.29. The maximum absolute atomic E-state index is 2.37. The summed E-state index contributed by atoms with van der Waals surface area (Å²) < 4.78 is 1.25. The molecule has 0 aromatic heterocycles. The van der Waals surface area contributed by atoms with E-state index in [0.29, 0.717) is 0 Å². The summed E-state index contributed by atoms with van der Waals surface area (Å²) in [6.07, 6.45) is 21.7. The van der Waals surface area contributed by atoms with Crippen molar-refractivity contribution in [2.75, 3.05) is 19.6 Å². The van der Waals surface area contributed by atoms with Crippen LogP contribution >= 0.6 is 0 Å². The lowest BCUT2D eigenvalue weighted by molar-refractivity contribution is -0.938. The average molecular weight is 483 g/mol. The van der Waals surface area contributed by atoms with E-state index in [1.807, 2.05) is 0 Å². The van der Waals surface area contributed by atoms with Crippen LogP contribution in [0.1, 0.15) is 123 Å². The smallest absolute Gasteiger partial charge is 0.104 e. The van der Waals surface area contributed by atoms with Crippen molar-refractivity contribution < 1.29 is 21.5 Å². The van der Waals surface area contributed by atoms with Gasteiger partial charge in [0.25, 0.3) is 0 Å². The Labute approximate surface area is 200 Å². The third-order valence-corrected chi connectivity index (χ3v) is 6.94. The highest BCUT2D eigenvalue weighted by Gasteiger charge is 2.22. The lowest BCUT2D eigenvalue weighted by Crippen LogP contribution is -3.00. The zero-order chi connectivity index (χ0) is 21.0. The molecular formula is C28H52BrN. The molecule has 0 amide bonds. The third kappa shape index (κ3) is 14.6. The molecule has 1 aromatic carbocycles. The van der Waals surface area contributed by atoms with Gasteiger partial charge in [0.05, 0.1) is 19.6 Å². The van der Waals surface area contributed by atoms with Crippen LogP contribution in [-0.4, -0.2) is 24.1 Å². The number of quaternary nitrogens is 1. The molecule has 0 unspecified atom stereocenters. The summed E-state index contributed by atoms with van der Waals surface area (Å²) in [4.78, 5) is 0. The monoisotopic (exact) mass is 481 g/mol. The average Bonchev–Trinajstić information content (AvgIpc) is 2.76. The summed E-state index contributed by atoms with van der Waals surface area (Å²) >= 11 is 0. The van der Waals surface area contributed by atoms with Gasteiger partial charge in [-0.25, -0.2) is 0 Å². The fourth-order valence-corrected chi connectivity index (χ4v) is 4.63. The normalized spacial score (nSPS) is 11.4. The number of benzene rings is 1. The molecule has 1 aromatic rings. The summed E-state index contributed by atoms with van der Waals surface area (Å²) in [6, 6.07) is 11.1. The minimum atomic E-state index is 0. The van der Waals surface area contributed by atoms with E-state index in [0.717, 1.165) is 0 Å². The molecule has 0 aliphatic carbocycles. The molecule has 0 N–H and O–H groups in total. The molecule has 0 bridgehead atoms. The first-order valence-corrected chi connectivity index (χ1v) is 13.2. The zero-order valence-electron chi connectivity index (χ0n) is 20.6. The first-order chi connectivity index (χ1) is 14.3. The van der Waals surface area contributed by atoms with Crippen LogP contribution in [0.4, 0.5) is 0 Å². The Morgan fingerprint density at radius 2 is 0.933 bits per heavy atom. The van der Waals surface area contributed by atoms with Crippen LogP contribution in [0.3, 0.4) is 0 Å². The van der Waals surface area contributed by atoms with Crippen molar-refractivity contribution in [2.45, 2.75) is 124 Å². The largest absolute Gasteiger partial charge is 1.00 e. The minimum absolute atomic E-state index is 0. The first-order valence-electron chi connectivity index (χ1n) is 13.2. The van der Waals surface area contributed by atoms with E-state index in [-0.39, 0.29) is 17.0 Å². The van der Waals surface area contributed by atoms with Gasteiger partial charge in [-0.3, -0.25) is 0 Å². The summed E-state index contributed by atoms with van der Waals surface area (Å²) in [7, 11) is 0. The predicted molar refractivity (Wildman–Crippen MR) is 131 cm³/mol. The van der Waals surface area contributed by atoms with Gasteiger partial charge in [-0.15, -0.1) is 0 Å². The Morgan fingerprint density at radius 3 is 1.33 bits per heavy atom. The molecule has 176 valence electrons. The predicted octanol–water partition coefficient (Wildman–Crippen LogP) is 5.92. The fraction of sp³-hybridized carbons (Fsp3) is 0.786. The SMILES string of the molecule is CCCCCCCCCCCCCCCCC[N+](CC)(CC)Cc1ccccc1.[Br-]. The van der Waals surface area contributed by atoms with Crippen LogP contribution in [0.25, 0.3) is 0 Å². The minimum Gasteiger partial charge on any atom is -1.00 e. The molecule has 0 radical (unpaired) electrons. The van der Waals surface area contributed by atoms with Crippen molar-refractivity contribution in [1.82, 2.24) is 0 Å². The molecule has 0 spiro atoms. The van der Waals surface area contributed by atoms with E-state index in [1.165, 1.54) is 133 Å². The molecule has 0 saturated carbocycles. The third-order valence-electron chi connectivity index (χ3n) is 6.94. The lowest BCUT2D eigenvalue weighted by Gasteiger charge is -2.37. The van der Waals surface area contributed by atoms with Crippen molar-refractivity contribution in [3.63, 3.8) is 0 Å². The molecule has 30 heavy (non-hydrogen) atoms. The van der Waals surface area contributed by atoms with Gasteiger partial charge in [-0.05, 0) is 26.7 Å². The van der Waals surface area contributed by atoms with Crippen LogP contribution in [0.2, 0.25) is 0 Å². The molecule has 0 saturated heterocycles. The van der Waals surface area contributed by atoms with Crippen LogP contribution in [-0.2, 0) is 6.54 Å². The number of unbranched alkanes of at least 4 members (excludes halogenated alkanes) is 14. The first kappa shape index (κ1) is 29.7. The van der Waals surface area contributed by atoms with Gasteiger partial charge in [-0.1, -0.05) is 121 Å². The molecular weight excluding hydrogens is 430 g/mol. The molecule has 1 nitrogen and oxygen atoms in total. The molecule has 2 heteroatoms. The Morgan fingerprint density at radius 1 is 0.533 bits per heavy atom. The van der Waals surface area contributed by atoms with Gasteiger partial charge in [0.1, 0.15) is 6.54 Å². The van der Waals surface area contributed by atoms with Gasteiger partial charge in [0.2, 0.25) is 0 Å². The number of hydrogen-bond acceptors (Lipinski definition) is 0. The van der Waals surface area contributed by atoms with Gasteiger partial charge >= 0.3 is 0 Å². The van der Waals surface area contributed by atoms with Gasteiger partial charge in [0, 0.05) is 5.56 Å². The van der Waals surface area contributed by atoms with E-state index in [9.17, 15) is 0 Å². The van der Waals surface area contributed by atoms with Gasteiger partial charge in [0.15, 0.2) is 0 Å². The molecule has 1 rings (SSSR count). The van der Waals surface area contributed by atoms with E-state index < -0.39 is 0 Å². The summed E-state index contributed by atoms with van der Waals surface area (Å²) in [5, 5.41) is 0. The van der Waals surface area contributed by atoms with Crippen molar-refractivity contribution in [2.24, 2.45) is 0 Å². The van der Waals surface area contributed by atoms with E-state index >= 15 is 0 Å². The standard InChI is InChI=1S/C28H52N.BrH/c1-4-7-8-9-10-11-12-13-14-15-16-17-18-19-23-26-29(5-2,6-3)27-28-24-21-20-22-25-28;/h20-22,24-25H,4-19,23,26-27H2,1-3H3;1H/q+1;/p-1.